The molecule has 158 valence electrons. The number of alkyl carbamates (subject to hydrolysis) is 1. The summed E-state index contributed by atoms with van der Waals surface area (Å²) in [6.45, 7) is 8.30. The van der Waals surface area contributed by atoms with Gasteiger partial charge in [0.25, 0.3) is 0 Å². The van der Waals surface area contributed by atoms with E-state index in [-0.39, 0.29) is 11.9 Å². The van der Waals surface area contributed by atoms with Crippen LogP contribution >= 0.6 is 0 Å². The van der Waals surface area contributed by atoms with Crippen molar-refractivity contribution in [3.05, 3.63) is 65.7 Å². The fourth-order valence-corrected chi connectivity index (χ4v) is 3.08. The normalized spacial score (nSPS) is 16.1. The molecule has 30 heavy (non-hydrogen) atoms. The Morgan fingerprint density at radius 3 is 2.53 bits per heavy atom. The number of amides is 1. The summed E-state index contributed by atoms with van der Waals surface area (Å²) in [5, 5.41) is 16.7. The number of rotatable bonds is 4. The number of hydrazone groups is 1. The number of hydrogen-bond acceptors (Lipinski definition) is 5. The molecule has 1 heterocycles. The van der Waals surface area contributed by atoms with E-state index in [4.69, 9.17) is 14.9 Å². The molecule has 1 aliphatic rings. The number of para-hydroxylation sites is 1. The summed E-state index contributed by atoms with van der Waals surface area (Å²) in [7, 11) is 0. The zero-order valence-corrected chi connectivity index (χ0v) is 17.8. The monoisotopic (exact) mass is 408 g/mol. The van der Waals surface area contributed by atoms with Crippen molar-refractivity contribution in [3.8, 4) is 5.75 Å². The highest BCUT2D eigenvalue weighted by Crippen LogP contribution is 2.27. The lowest BCUT2D eigenvalue weighted by Crippen LogP contribution is -2.43. The van der Waals surface area contributed by atoms with Crippen LogP contribution in [0.3, 0.4) is 0 Å². The molecule has 2 N–H and O–H groups in total. The largest absolute Gasteiger partial charge is 0.488 e. The van der Waals surface area contributed by atoms with Crippen LogP contribution in [0.25, 0.3) is 0 Å². The number of carbonyl (C=O) groups is 1. The van der Waals surface area contributed by atoms with Crippen molar-refractivity contribution in [1.82, 2.24) is 10.3 Å². The van der Waals surface area contributed by atoms with Crippen LogP contribution in [0.2, 0.25) is 0 Å². The van der Waals surface area contributed by atoms with Crippen molar-refractivity contribution in [1.29, 1.82) is 5.41 Å². The molecule has 2 aromatic rings. The van der Waals surface area contributed by atoms with E-state index in [1.165, 1.54) is 5.01 Å². The first-order valence-corrected chi connectivity index (χ1v) is 9.93. The fourth-order valence-electron chi connectivity index (χ4n) is 3.08. The van der Waals surface area contributed by atoms with Gasteiger partial charge in [0.15, 0.2) is 0 Å². The van der Waals surface area contributed by atoms with Crippen molar-refractivity contribution in [2.45, 2.75) is 39.9 Å². The molecule has 0 spiro atoms. The molecule has 3 rings (SSSR count). The zero-order valence-electron chi connectivity index (χ0n) is 17.8. The molecule has 1 atom stereocenters. The summed E-state index contributed by atoms with van der Waals surface area (Å²) >= 11 is 0. The Hall–Kier alpha value is -3.35. The van der Waals surface area contributed by atoms with Crippen molar-refractivity contribution in [2.75, 3.05) is 6.54 Å². The number of hydrogen-bond donors (Lipinski definition) is 2. The van der Waals surface area contributed by atoms with Gasteiger partial charge in [-0.15, -0.1) is 0 Å². The number of guanidine groups is 1. The quantitative estimate of drug-likeness (QED) is 0.581. The van der Waals surface area contributed by atoms with Crippen molar-refractivity contribution < 1.29 is 14.3 Å². The average molecular weight is 409 g/mol. The second-order valence-electron chi connectivity index (χ2n) is 8.21. The standard InChI is InChI=1S/C23H28N4O3/c1-16-14-27(21(24)25-22(28)30-23(2,3)4)26-20(16)18-12-8-9-13-19(18)29-15-17-10-6-5-7-11-17/h5-13,16H,14-15H2,1-4H3,(H2,24,25,28). The van der Waals surface area contributed by atoms with Gasteiger partial charge >= 0.3 is 6.09 Å². The molecule has 7 nitrogen and oxygen atoms in total. The third-order valence-corrected chi connectivity index (χ3v) is 4.42. The summed E-state index contributed by atoms with van der Waals surface area (Å²) in [6.07, 6.45) is -0.671. The predicted molar refractivity (Wildman–Crippen MR) is 117 cm³/mol. The van der Waals surface area contributed by atoms with Crippen molar-refractivity contribution in [2.24, 2.45) is 11.0 Å². The minimum atomic E-state index is -0.671. The van der Waals surface area contributed by atoms with Crippen LogP contribution in [-0.4, -0.2) is 34.9 Å². The average Bonchev–Trinajstić information content (AvgIpc) is 3.07. The van der Waals surface area contributed by atoms with Gasteiger partial charge in [-0.2, -0.15) is 5.10 Å². The highest BCUT2D eigenvalue weighted by molar-refractivity contribution is 6.06. The van der Waals surface area contributed by atoms with Gasteiger partial charge in [0, 0.05) is 11.5 Å². The highest BCUT2D eigenvalue weighted by atomic mass is 16.6. The van der Waals surface area contributed by atoms with E-state index in [0.29, 0.717) is 13.2 Å². The van der Waals surface area contributed by atoms with Gasteiger partial charge in [-0.05, 0) is 38.5 Å². The SMILES string of the molecule is CC1CN(C(=N)NC(=O)OC(C)(C)C)N=C1c1ccccc1OCc1ccccc1. The van der Waals surface area contributed by atoms with E-state index < -0.39 is 11.7 Å². The van der Waals surface area contributed by atoms with Crippen LogP contribution in [0.4, 0.5) is 4.79 Å². The van der Waals surface area contributed by atoms with Gasteiger partial charge < -0.3 is 9.47 Å². The lowest BCUT2D eigenvalue weighted by atomic mass is 9.98. The van der Waals surface area contributed by atoms with E-state index in [2.05, 4.69) is 10.4 Å². The maximum absolute atomic E-state index is 12.0. The zero-order chi connectivity index (χ0) is 21.7. The lowest BCUT2D eigenvalue weighted by molar-refractivity contribution is 0.0556. The van der Waals surface area contributed by atoms with Gasteiger partial charge in [0.05, 0.1) is 12.3 Å². The molecule has 1 amide bonds. The van der Waals surface area contributed by atoms with Gasteiger partial charge in [-0.25, -0.2) is 9.80 Å². The smallest absolute Gasteiger partial charge is 0.414 e. The summed E-state index contributed by atoms with van der Waals surface area (Å²) in [4.78, 5) is 12.0. The van der Waals surface area contributed by atoms with Crippen LogP contribution < -0.4 is 10.1 Å². The maximum Gasteiger partial charge on any atom is 0.414 e. The molecule has 0 saturated heterocycles. The Balaban J connectivity index is 1.72. The Bertz CT molecular complexity index is 935. The molecule has 0 aromatic heterocycles. The van der Waals surface area contributed by atoms with Crippen molar-refractivity contribution in [3.63, 3.8) is 0 Å². The van der Waals surface area contributed by atoms with Crippen LogP contribution in [0.1, 0.15) is 38.8 Å². The molecule has 0 saturated carbocycles. The minimum absolute atomic E-state index is 0.0623. The Kier molecular flexibility index (Phi) is 6.40. The molecule has 7 heteroatoms. The third-order valence-electron chi connectivity index (χ3n) is 4.42. The first-order valence-electron chi connectivity index (χ1n) is 9.93. The molecule has 0 radical (unpaired) electrons. The highest BCUT2D eigenvalue weighted by Gasteiger charge is 2.29. The fraction of sp³-hybridized carbons (Fsp3) is 0.348. The van der Waals surface area contributed by atoms with E-state index in [9.17, 15) is 4.79 Å². The number of ether oxygens (including phenoxy) is 2. The summed E-state index contributed by atoms with van der Waals surface area (Å²) in [5.41, 5.74) is 2.15. The van der Waals surface area contributed by atoms with E-state index >= 15 is 0 Å². The molecule has 2 aromatic carbocycles. The summed E-state index contributed by atoms with van der Waals surface area (Å²) in [5.74, 6) is 0.682. The second kappa shape index (κ2) is 8.98. The van der Waals surface area contributed by atoms with Gasteiger partial charge in [-0.3, -0.25) is 10.7 Å². The van der Waals surface area contributed by atoms with Gasteiger partial charge in [0.2, 0.25) is 5.96 Å². The summed E-state index contributed by atoms with van der Waals surface area (Å²) in [6, 6.07) is 17.7. The molecule has 0 fully saturated rings. The first kappa shape index (κ1) is 21.4. The number of carbonyl (C=O) groups excluding carboxylic acids is 1. The van der Waals surface area contributed by atoms with Gasteiger partial charge in [0.1, 0.15) is 18.0 Å². The Morgan fingerprint density at radius 2 is 1.83 bits per heavy atom. The van der Waals surface area contributed by atoms with Crippen molar-refractivity contribution >= 4 is 17.8 Å². The van der Waals surface area contributed by atoms with Crippen LogP contribution in [0.5, 0.6) is 5.75 Å². The van der Waals surface area contributed by atoms with Gasteiger partial charge in [-0.1, -0.05) is 49.4 Å². The lowest BCUT2D eigenvalue weighted by Gasteiger charge is -2.21. The van der Waals surface area contributed by atoms with Crippen LogP contribution in [0, 0.1) is 11.3 Å². The minimum Gasteiger partial charge on any atom is -0.488 e. The first-order chi connectivity index (χ1) is 14.2. The second-order valence-corrected chi connectivity index (χ2v) is 8.21. The Labute approximate surface area is 177 Å². The molecular weight excluding hydrogens is 380 g/mol. The third kappa shape index (κ3) is 5.59. The number of benzene rings is 2. The van der Waals surface area contributed by atoms with Crippen LogP contribution in [-0.2, 0) is 11.3 Å². The summed E-state index contributed by atoms with van der Waals surface area (Å²) < 4.78 is 11.3. The molecule has 0 bridgehead atoms. The Morgan fingerprint density at radius 1 is 1.17 bits per heavy atom. The van der Waals surface area contributed by atoms with Crippen LogP contribution in [0.15, 0.2) is 59.7 Å². The number of nitrogens with one attached hydrogen (secondary N) is 2. The molecule has 1 unspecified atom stereocenters. The number of nitrogens with zero attached hydrogens (tertiary/aromatic N) is 2. The topological polar surface area (TPSA) is 87.0 Å². The van der Waals surface area contributed by atoms with E-state index in [1.807, 2.05) is 61.5 Å². The maximum atomic E-state index is 12.0. The molecule has 1 aliphatic heterocycles. The molecular formula is C23H28N4O3. The van der Waals surface area contributed by atoms with E-state index in [1.54, 1.807) is 20.8 Å². The van der Waals surface area contributed by atoms with E-state index in [0.717, 1.165) is 22.6 Å². The molecule has 0 aliphatic carbocycles. The predicted octanol–water partition coefficient (Wildman–Crippen LogP) is 4.38.